The Morgan fingerprint density at radius 3 is 2.15 bits per heavy atom. The van der Waals surface area contributed by atoms with Gasteiger partial charge < -0.3 is 0 Å². The van der Waals surface area contributed by atoms with E-state index in [9.17, 15) is 8.42 Å². The maximum absolute atomic E-state index is 12.5. The summed E-state index contributed by atoms with van der Waals surface area (Å²) in [5.74, 6) is 0. The Bertz CT molecular complexity index is 751. The van der Waals surface area contributed by atoms with Crippen molar-refractivity contribution in [1.29, 1.82) is 0 Å². The summed E-state index contributed by atoms with van der Waals surface area (Å²) in [6, 6.07) is 5.52. The fraction of sp³-hybridized carbons (Fsp3) is 0.0909. The minimum absolute atomic E-state index is 0.319. The van der Waals surface area contributed by atoms with Gasteiger partial charge in [0.2, 0.25) is 0 Å². The van der Waals surface area contributed by atoms with Gasteiger partial charge in [0.1, 0.15) is 4.90 Å². The highest BCUT2D eigenvalue weighted by Crippen LogP contribution is 2.33. The molecule has 1 heterocycles. The molecule has 0 aliphatic rings. The quantitative estimate of drug-likeness (QED) is 0.433. The lowest BCUT2D eigenvalue weighted by Gasteiger charge is -2.12. The average molecular weight is 710 g/mol. The Morgan fingerprint density at radius 1 is 1.15 bits per heavy atom. The zero-order valence-electron chi connectivity index (χ0n) is 9.88. The number of nitrogens with one attached hydrogen (secondary N) is 1. The van der Waals surface area contributed by atoms with Crippen molar-refractivity contribution in [3.8, 4) is 0 Å². The van der Waals surface area contributed by atoms with Crippen LogP contribution in [-0.4, -0.2) is 8.42 Å². The highest BCUT2D eigenvalue weighted by Gasteiger charge is 2.21. The van der Waals surface area contributed by atoms with E-state index in [1.54, 1.807) is 13.0 Å². The molecule has 0 radical (unpaired) electrons. The summed E-state index contributed by atoms with van der Waals surface area (Å²) in [4.78, 5) is 1.08. The summed E-state index contributed by atoms with van der Waals surface area (Å²) in [5.41, 5.74) is 0.633. The topological polar surface area (TPSA) is 46.2 Å². The molecule has 0 aliphatic carbocycles. The van der Waals surface area contributed by atoms with Crippen LogP contribution in [0.3, 0.4) is 0 Å². The highest BCUT2D eigenvalue weighted by molar-refractivity contribution is 14.1. The maximum atomic E-state index is 12.5. The van der Waals surface area contributed by atoms with Gasteiger partial charge in [0.05, 0.1) is 9.47 Å². The number of sulfonamides is 1. The zero-order chi connectivity index (χ0) is 15.1. The standard InChI is InChI=1S/C11H7BrI3NO2S2/c1-5-9(4-10(12)19-5)20(17,18)16-11-7(14)2-6(13)3-8(11)15/h2-4,16H,1H3. The van der Waals surface area contributed by atoms with Crippen LogP contribution < -0.4 is 4.72 Å². The number of hydrogen-bond acceptors (Lipinski definition) is 3. The van der Waals surface area contributed by atoms with Crippen LogP contribution in [0.2, 0.25) is 0 Å². The Labute approximate surface area is 170 Å². The summed E-state index contributed by atoms with van der Waals surface area (Å²) in [6.07, 6.45) is 0. The van der Waals surface area contributed by atoms with Gasteiger partial charge >= 0.3 is 0 Å². The van der Waals surface area contributed by atoms with E-state index in [2.05, 4.69) is 88.4 Å². The average Bonchev–Trinajstić information content (AvgIpc) is 2.64. The van der Waals surface area contributed by atoms with Crippen molar-refractivity contribution < 1.29 is 8.42 Å². The summed E-state index contributed by atoms with van der Waals surface area (Å²) < 4.78 is 31.3. The molecular weight excluding hydrogens is 703 g/mol. The van der Waals surface area contributed by atoms with Gasteiger partial charge in [-0.15, -0.1) is 11.3 Å². The van der Waals surface area contributed by atoms with Crippen LogP contribution in [0.25, 0.3) is 0 Å². The van der Waals surface area contributed by atoms with Crippen LogP contribution in [0.1, 0.15) is 4.88 Å². The molecule has 0 saturated heterocycles. The molecule has 0 aliphatic heterocycles. The van der Waals surface area contributed by atoms with E-state index in [-0.39, 0.29) is 0 Å². The van der Waals surface area contributed by atoms with Crippen LogP contribution in [0, 0.1) is 17.6 Å². The Hall–Kier alpha value is 1.34. The molecule has 0 amide bonds. The molecule has 3 nitrogen and oxygen atoms in total. The van der Waals surface area contributed by atoms with Crippen LogP contribution in [0.5, 0.6) is 0 Å². The van der Waals surface area contributed by atoms with Gasteiger partial charge in [-0.25, -0.2) is 8.42 Å². The van der Waals surface area contributed by atoms with Crippen molar-refractivity contribution in [3.05, 3.63) is 37.6 Å². The van der Waals surface area contributed by atoms with E-state index in [1.165, 1.54) is 11.3 Å². The number of aryl methyl sites for hydroxylation is 1. The van der Waals surface area contributed by atoms with E-state index in [4.69, 9.17) is 0 Å². The molecular formula is C11H7BrI3NO2S2. The van der Waals surface area contributed by atoms with Crippen LogP contribution in [0.4, 0.5) is 5.69 Å². The minimum Gasteiger partial charge on any atom is -0.277 e. The predicted molar refractivity (Wildman–Crippen MR) is 112 cm³/mol. The SMILES string of the molecule is Cc1sc(Br)cc1S(=O)(=O)Nc1c(I)cc(I)cc1I. The molecule has 20 heavy (non-hydrogen) atoms. The second-order valence-corrected chi connectivity index (χ2v) is 11.7. The lowest BCUT2D eigenvalue weighted by atomic mass is 10.3. The Kier molecular flexibility index (Phi) is 6.05. The molecule has 1 aromatic carbocycles. The fourth-order valence-electron chi connectivity index (χ4n) is 1.53. The number of hydrogen-bond donors (Lipinski definition) is 1. The summed E-state index contributed by atoms with van der Waals surface area (Å²) in [6.45, 7) is 1.80. The molecule has 9 heteroatoms. The van der Waals surface area contributed by atoms with Crippen molar-refractivity contribution in [1.82, 2.24) is 0 Å². The molecule has 2 rings (SSSR count). The lowest BCUT2D eigenvalue weighted by molar-refractivity contribution is 0.601. The first-order valence-electron chi connectivity index (χ1n) is 5.14. The predicted octanol–water partition coefficient (Wildman–Crippen LogP) is 5.43. The van der Waals surface area contributed by atoms with Gasteiger partial charge in [-0.05, 0) is 109 Å². The van der Waals surface area contributed by atoms with Gasteiger partial charge in [0.15, 0.2) is 0 Å². The molecule has 108 valence electrons. The van der Waals surface area contributed by atoms with Gasteiger partial charge in [-0.1, -0.05) is 0 Å². The Balaban J connectivity index is 2.46. The van der Waals surface area contributed by atoms with Crippen molar-refractivity contribution in [2.24, 2.45) is 0 Å². The second-order valence-electron chi connectivity index (χ2n) is 3.82. The fourth-order valence-corrected chi connectivity index (χ4v) is 9.26. The lowest BCUT2D eigenvalue weighted by Crippen LogP contribution is -2.15. The third kappa shape index (κ3) is 4.00. The number of halogens is 4. The van der Waals surface area contributed by atoms with Crippen molar-refractivity contribution in [2.45, 2.75) is 11.8 Å². The molecule has 0 unspecified atom stereocenters. The maximum Gasteiger partial charge on any atom is 0.263 e. The van der Waals surface area contributed by atoms with Gasteiger partial charge in [0.25, 0.3) is 10.0 Å². The van der Waals surface area contributed by atoms with E-state index in [1.807, 2.05) is 12.1 Å². The molecule has 2 aromatic rings. The van der Waals surface area contributed by atoms with Crippen LogP contribution in [0.15, 0.2) is 26.9 Å². The van der Waals surface area contributed by atoms with Crippen molar-refractivity contribution >= 4 is 111 Å². The molecule has 0 saturated carbocycles. The second kappa shape index (κ2) is 6.84. The van der Waals surface area contributed by atoms with Gasteiger partial charge in [-0.3, -0.25) is 4.72 Å². The molecule has 0 atom stereocenters. The van der Waals surface area contributed by atoms with Crippen LogP contribution in [-0.2, 0) is 10.0 Å². The molecule has 0 fully saturated rings. The monoisotopic (exact) mass is 709 g/mol. The van der Waals surface area contributed by atoms with Gasteiger partial charge in [0, 0.05) is 15.6 Å². The number of rotatable bonds is 3. The summed E-state index contributed by atoms with van der Waals surface area (Å²) in [7, 11) is -3.56. The first kappa shape index (κ1) is 17.7. The number of anilines is 1. The minimum atomic E-state index is -3.56. The third-order valence-electron chi connectivity index (χ3n) is 2.37. The largest absolute Gasteiger partial charge is 0.277 e. The molecule has 0 bridgehead atoms. The van der Waals surface area contributed by atoms with E-state index < -0.39 is 10.0 Å². The third-order valence-corrected chi connectivity index (χ3v) is 7.86. The highest BCUT2D eigenvalue weighted by atomic mass is 127. The molecule has 1 aromatic heterocycles. The molecule has 1 N–H and O–H groups in total. The normalized spacial score (nSPS) is 11.7. The first-order chi connectivity index (χ1) is 9.20. The van der Waals surface area contributed by atoms with Crippen molar-refractivity contribution in [2.75, 3.05) is 4.72 Å². The van der Waals surface area contributed by atoms with Crippen molar-refractivity contribution in [3.63, 3.8) is 0 Å². The molecule has 0 spiro atoms. The van der Waals surface area contributed by atoms with E-state index in [0.717, 1.165) is 19.4 Å². The smallest absolute Gasteiger partial charge is 0.263 e. The number of benzene rings is 1. The number of thiophene rings is 1. The first-order valence-corrected chi connectivity index (χ1v) is 11.5. The van der Waals surface area contributed by atoms with E-state index >= 15 is 0 Å². The van der Waals surface area contributed by atoms with Gasteiger partial charge in [-0.2, -0.15) is 0 Å². The Morgan fingerprint density at radius 2 is 1.70 bits per heavy atom. The zero-order valence-corrected chi connectivity index (χ0v) is 19.6. The summed E-state index contributed by atoms with van der Waals surface area (Å²) in [5, 5.41) is 0. The summed E-state index contributed by atoms with van der Waals surface area (Å²) >= 11 is 11.2. The van der Waals surface area contributed by atoms with Crippen LogP contribution >= 0.6 is 95.0 Å². The van der Waals surface area contributed by atoms with E-state index in [0.29, 0.717) is 10.6 Å².